The second kappa shape index (κ2) is 3.95. The minimum absolute atomic E-state index is 0.309. The van der Waals surface area contributed by atoms with E-state index in [9.17, 15) is 0 Å². The summed E-state index contributed by atoms with van der Waals surface area (Å²) in [5.41, 5.74) is 0. The van der Waals surface area contributed by atoms with E-state index < -0.39 is 8.32 Å². The molecule has 14 heavy (non-hydrogen) atoms. The molecule has 84 valence electrons. The standard InChI is InChI=1S/C11H24O2Si/c1-7-9-10(13-9)8-12-14(5,6)11(2,3)4/h9-10H,7-8H2,1-6H3. The van der Waals surface area contributed by atoms with Gasteiger partial charge >= 0.3 is 0 Å². The average molecular weight is 216 g/mol. The van der Waals surface area contributed by atoms with Crippen LogP contribution in [0.1, 0.15) is 34.1 Å². The molecule has 0 N–H and O–H groups in total. The van der Waals surface area contributed by atoms with Crippen molar-refractivity contribution in [1.29, 1.82) is 0 Å². The highest BCUT2D eigenvalue weighted by atomic mass is 28.4. The van der Waals surface area contributed by atoms with Gasteiger partial charge in [0.05, 0.1) is 12.7 Å². The Morgan fingerprint density at radius 3 is 2.14 bits per heavy atom. The molecule has 0 aromatic rings. The molecule has 1 fully saturated rings. The Morgan fingerprint density at radius 1 is 1.21 bits per heavy atom. The number of ether oxygens (including phenoxy) is 1. The first-order valence-electron chi connectivity index (χ1n) is 5.57. The monoisotopic (exact) mass is 216 g/mol. The molecule has 0 aliphatic carbocycles. The highest BCUT2D eigenvalue weighted by Gasteiger charge is 2.42. The SMILES string of the molecule is CCC1OC1CO[Si](C)(C)C(C)(C)C. The summed E-state index contributed by atoms with van der Waals surface area (Å²) in [4.78, 5) is 0. The second-order valence-electron chi connectivity index (χ2n) is 5.69. The molecular weight excluding hydrogens is 192 g/mol. The number of hydrogen-bond acceptors (Lipinski definition) is 2. The summed E-state index contributed by atoms with van der Waals surface area (Å²) >= 11 is 0. The zero-order chi connectivity index (χ0) is 11.0. The van der Waals surface area contributed by atoms with Gasteiger partial charge in [-0.3, -0.25) is 0 Å². The van der Waals surface area contributed by atoms with Gasteiger partial charge in [-0.1, -0.05) is 27.7 Å². The molecule has 0 radical (unpaired) electrons. The molecule has 2 atom stereocenters. The lowest BCUT2D eigenvalue weighted by Gasteiger charge is -2.36. The van der Waals surface area contributed by atoms with Crippen LogP contribution in [0, 0.1) is 0 Å². The summed E-state index contributed by atoms with van der Waals surface area (Å²) in [6.45, 7) is 14.3. The van der Waals surface area contributed by atoms with Crippen molar-refractivity contribution in [2.24, 2.45) is 0 Å². The molecule has 0 amide bonds. The molecule has 0 saturated carbocycles. The summed E-state index contributed by atoms with van der Waals surface area (Å²) in [5.74, 6) is 0. The Balaban J connectivity index is 2.31. The zero-order valence-corrected chi connectivity index (χ0v) is 11.4. The van der Waals surface area contributed by atoms with Gasteiger partial charge in [-0.25, -0.2) is 0 Å². The van der Waals surface area contributed by atoms with Crippen LogP contribution in [0.25, 0.3) is 0 Å². The summed E-state index contributed by atoms with van der Waals surface area (Å²) < 4.78 is 11.5. The number of hydrogen-bond donors (Lipinski definition) is 0. The van der Waals surface area contributed by atoms with Crippen LogP contribution in [-0.2, 0) is 9.16 Å². The predicted molar refractivity (Wildman–Crippen MR) is 62.1 cm³/mol. The number of epoxide rings is 1. The Hall–Kier alpha value is 0.137. The molecular formula is C11H24O2Si. The summed E-state index contributed by atoms with van der Waals surface area (Å²) in [5, 5.41) is 0.309. The lowest BCUT2D eigenvalue weighted by molar-refractivity contribution is 0.241. The third-order valence-corrected chi connectivity index (χ3v) is 8.01. The van der Waals surface area contributed by atoms with E-state index >= 15 is 0 Å². The Bertz CT molecular complexity index is 196. The Labute approximate surface area is 89.1 Å². The highest BCUT2D eigenvalue weighted by molar-refractivity contribution is 6.74. The van der Waals surface area contributed by atoms with Gasteiger partial charge in [0, 0.05) is 0 Å². The quantitative estimate of drug-likeness (QED) is 0.532. The normalized spacial score (nSPS) is 27.9. The van der Waals surface area contributed by atoms with Gasteiger partial charge < -0.3 is 9.16 Å². The molecule has 1 heterocycles. The first-order chi connectivity index (χ1) is 6.28. The predicted octanol–water partition coefficient (Wildman–Crippen LogP) is 3.19. The van der Waals surface area contributed by atoms with Crippen molar-refractivity contribution in [2.45, 2.75) is 64.5 Å². The first kappa shape index (κ1) is 12.2. The minimum atomic E-state index is -1.55. The molecule has 0 spiro atoms. The fourth-order valence-corrected chi connectivity index (χ4v) is 2.21. The molecule has 0 aromatic heterocycles. The third-order valence-electron chi connectivity index (χ3n) is 3.50. The van der Waals surface area contributed by atoms with E-state index in [1.165, 1.54) is 0 Å². The largest absolute Gasteiger partial charge is 0.414 e. The molecule has 0 bridgehead atoms. The molecule has 2 unspecified atom stereocenters. The van der Waals surface area contributed by atoms with Gasteiger partial charge in [0.15, 0.2) is 8.32 Å². The van der Waals surface area contributed by atoms with Crippen LogP contribution in [0.3, 0.4) is 0 Å². The summed E-state index contributed by atoms with van der Waals surface area (Å²) in [6.07, 6.45) is 1.97. The van der Waals surface area contributed by atoms with Crippen LogP contribution in [0.5, 0.6) is 0 Å². The van der Waals surface area contributed by atoms with Crippen LogP contribution in [0.4, 0.5) is 0 Å². The van der Waals surface area contributed by atoms with E-state index in [1.54, 1.807) is 0 Å². The lowest BCUT2D eigenvalue weighted by atomic mass is 10.2. The van der Waals surface area contributed by atoms with Crippen molar-refractivity contribution in [3.63, 3.8) is 0 Å². The van der Waals surface area contributed by atoms with Crippen LogP contribution >= 0.6 is 0 Å². The maximum absolute atomic E-state index is 6.06. The molecule has 1 rings (SSSR count). The molecule has 3 heteroatoms. The highest BCUT2D eigenvalue weighted by Crippen LogP contribution is 2.37. The molecule has 1 aliphatic heterocycles. The van der Waals surface area contributed by atoms with Gasteiger partial charge in [-0.15, -0.1) is 0 Å². The van der Waals surface area contributed by atoms with E-state index in [4.69, 9.17) is 9.16 Å². The first-order valence-corrected chi connectivity index (χ1v) is 8.48. The third kappa shape index (κ3) is 2.81. The van der Waals surface area contributed by atoms with E-state index in [2.05, 4.69) is 40.8 Å². The van der Waals surface area contributed by atoms with Crippen molar-refractivity contribution < 1.29 is 9.16 Å². The van der Waals surface area contributed by atoms with Crippen molar-refractivity contribution >= 4 is 8.32 Å². The molecule has 2 nitrogen and oxygen atoms in total. The summed E-state index contributed by atoms with van der Waals surface area (Å²) in [6, 6.07) is 0. The van der Waals surface area contributed by atoms with Crippen LogP contribution in [0.15, 0.2) is 0 Å². The van der Waals surface area contributed by atoms with E-state index in [0.29, 0.717) is 17.2 Å². The smallest absolute Gasteiger partial charge is 0.192 e. The minimum Gasteiger partial charge on any atom is -0.414 e. The van der Waals surface area contributed by atoms with Crippen LogP contribution in [0.2, 0.25) is 18.1 Å². The van der Waals surface area contributed by atoms with E-state index in [1.807, 2.05) is 0 Å². The van der Waals surface area contributed by atoms with Gasteiger partial charge in [0.1, 0.15) is 6.10 Å². The van der Waals surface area contributed by atoms with Crippen molar-refractivity contribution in [3.8, 4) is 0 Å². The maximum Gasteiger partial charge on any atom is 0.192 e. The zero-order valence-electron chi connectivity index (χ0n) is 10.4. The van der Waals surface area contributed by atoms with E-state index in [-0.39, 0.29) is 0 Å². The topological polar surface area (TPSA) is 21.8 Å². The average Bonchev–Trinajstić information content (AvgIpc) is 2.77. The van der Waals surface area contributed by atoms with Crippen LogP contribution < -0.4 is 0 Å². The molecule has 0 aromatic carbocycles. The van der Waals surface area contributed by atoms with Gasteiger partial charge in [0.25, 0.3) is 0 Å². The maximum atomic E-state index is 6.06. The fourth-order valence-electron chi connectivity index (χ4n) is 1.19. The lowest BCUT2D eigenvalue weighted by Crippen LogP contribution is -2.41. The van der Waals surface area contributed by atoms with Gasteiger partial charge in [0.2, 0.25) is 0 Å². The molecule has 1 aliphatic rings. The van der Waals surface area contributed by atoms with Crippen molar-refractivity contribution in [3.05, 3.63) is 0 Å². The van der Waals surface area contributed by atoms with E-state index in [0.717, 1.165) is 13.0 Å². The molecule has 1 saturated heterocycles. The van der Waals surface area contributed by atoms with Gasteiger partial charge in [-0.2, -0.15) is 0 Å². The second-order valence-corrected chi connectivity index (χ2v) is 10.5. The summed E-state index contributed by atoms with van der Waals surface area (Å²) in [7, 11) is -1.55. The van der Waals surface area contributed by atoms with Crippen molar-refractivity contribution in [1.82, 2.24) is 0 Å². The fraction of sp³-hybridized carbons (Fsp3) is 1.00. The number of rotatable bonds is 4. The van der Waals surface area contributed by atoms with Crippen LogP contribution in [-0.4, -0.2) is 27.1 Å². The Kier molecular flexibility index (Phi) is 3.44. The Morgan fingerprint density at radius 2 is 1.79 bits per heavy atom. The van der Waals surface area contributed by atoms with Gasteiger partial charge in [-0.05, 0) is 24.6 Å². The van der Waals surface area contributed by atoms with Crippen molar-refractivity contribution in [2.75, 3.05) is 6.61 Å².